The fourth-order valence-electron chi connectivity index (χ4n) is 2.19. The van der Waals surface area contributed by atoms with Crippen LogP contribution in [0.15, 0.2) is 0 Å². The van der Waals surface area contributed by atoms with Gasteiger partial charge in [-0.3, -0.25) is 9.59 Å². The highest BCUT2D eigenvalue weighted by Gasteiger charge is 2.37. The molecule has 2 amide bonds. The van der Waals surface area contributed by atoms with Crippen molar-refractivity contribution >= 4 is 24.2 Å². The molecule has 0 saturated heterocycles. The van der Waals surface area contributed by atoms with Crippen LogP contribution in [0.3, 0.4) is 0 Å². The number of hydrogen-bond donors (Lipinski definition) is 1. The molecule has 0 aromatic heterocycles. The summed E-state index contributed by atoms with van der Waals surface area (Å²) in [6, 6.07) is 0. The molecule has 2 N–H and O–H groups in total. The van der Waals surface area contributed by atoms with E-state index >= 15 is 0 Å². The van der Waals surface area contributed by atoms with Gasteiger partial charge >= 0.3 is 0 Å². The van der Waals surface area contributed by atoms with E-state index in [1.54, 1.807) is 21.1 Å². The van der Waals surface area contributed by atoms with Gasteiger partial charge in [0.25, 0.3) is 0 Å². The summed E-state index contributed by atoms with van der Waals surface area (Å²) in [4.78, 5) is 26.7. The maximum absolute atomic E-state index is 12.2. The van der Waals surface area contributed by atoms with Crippen LogP contribution < -0.4 is 5.73 Å². The summed E-state index contributed by atoms with van der Waals surface area (Å²) in [6.07, 6.45) is 4.60. The van der Waals surface area contributed by atoms with Crippen molar-refractivity contribution in [2.45, 2.75) is 37.6 Å². The van der Waals surface area contributed by atoms with Crippen molar-refractivity contribution in [1.29, 1.82) is 0 Å². The van der Waals surface area contributed by atoms with Crippen LogP contribution in [-0.4, -0.2) is 54.8 Å². The van der Waals surface area contributed by atoms with E-state index in [0.29, 0.717) is 0 Å². The smallest absolute Gasteiger partial charge is 0.242 e. The van der Waals surface area contributed by atoms with Gasteiger partial charge < -0.3 is 15.5 Å². The molecule has 1 fully saturated rings. The average Bonchev–Trinajstić information content (AvgIpc) is 2.28. The molecule has 18 heavy (non-hydrogen) atoms. The molecule has 0 bridgehead atoms. The van der Waals surface area contributed by atoms with E-state index in [1.165, 1.54) is 9.80 Å². The molecule has 0 radical (unpaired) electrons. The van der Waals surface area contributed by atoms with Crippen molar-refractivity contribution in [2.75, 3.05) is 27.7 Å². The third-order valence-electron chi connectivity index (χ3n) is 3.39. The van der Waals surface area contributed by atoms with Crippen LogP contribution in [-0.2, 0) is 9.59 Å². The zero-order chi connectivity index (χ0) is 13.1. The molecule has 0 atom stereocenters. The first-order valence-electron chi connectivity index (χ1n) is 6.11. The molecule has 1 aliphatic carbocycles. The van der Waals surface area contributed by atoms with E-state index in [9.17, 15) is 9.59 Å². The highest BCUT2D eigenvalue weighted by molar-refractivity contribution is 5.90. The van der Waals surface area contributed by atoms with E-state index in [2.05, 4.69) is 0 Å². The van der Waals surface area contributed by atoms with Gasteiger partial charge in [0, 0.05) is 21.1 Å². The van der Waals surface area contributed by atoms with Gasteiger partial charge in [-0.15, -0.1) is 12.4 Å². The van der Waals surface area contributed by atoms with Crippen LogP contribution >= 0.6 is 12.4 Å². The van der Waals surface area contributed by atoms with Gasteiger partial charge in [-0.05, 0) is 12.8 Å². The van der Waals surface area contributed by atoms with Crippen molar-refractivity contribution in [3.63, 3.8) is 0 Å². The van der Waals surface area contributed by atoms with E-state index in [-0.39, 0.29) is 30.8 Å². The minimum Gasteiger partial charge on any atom is -0.347 e. The summed E-state index contributed by atoms with van der Waals surface area (Å²) in [6.45, 7) is 0.102. The van der Waals surface area contributed by atoms with E-state index in [1.807, 2.05) is 0 Å². The second kappa shape index (κ2) is 6.95. The Morgan fingerprint density at radius 1 is 1.11 bits per heavy atom. The fourth-order valence-corrected chi connectivity index (χ4v) is 2.19. The molecule has 5 nitrogen and oxygen atoms in total. The second-order valence-corrected chi connectivity index (χ2v) is 5.17. The van der Waals surface area contributed by atoms with Crippen molar-refractivity contribution in [3.8, 4) is 0 Å². The first-order chi connectivity index (χ1) is 7.87. The highest BCUT2D eigenvalue weighted by atomic mass is 35.5. The van der Waals surface area contributed by atoms with Crippen molar-refractivity contribution in [3.05, 3.63) is 0 Å². The number of carbonyl (C=O) groups is 2. The highest BCUT2D eigenvalue weighted by Crippen LogP contribution is 2.27. The summed E-state index contributed by atoms with van der Waals surface area (Å²) in [7, 11) is 5.01. The minimum atomic E-state index is -0.750. The largest absolute Gasteiger partial charge is 0.347 e. The lowest BCUT2D eigenvalue weighted by Crippen LogP contribution is -2.56. The zero-order valence-electron chi connectivity index (χ0n) is 11.4. The molecule has 106 valence electrons. The predicted octanol–water partition coefficient (Wildman–Crippen LogP) is 0.616. The normalized spacial score (nSPS) is 17.6. The number of amides is 2. The molecule has 0 aliphatic heterocycles. The third kappa shape index (κ3) is 4.14. The van der Waals surface area contributed by atoms with Gasteiger partial charge in [-0.2, -0.15) is 0 Å². The average molecular weight is 278 g/mol. The van der Waals surface area contributed by atoms with Gasteiger partial charge in [-0.25, -0.2) is 0 Å². The van der Waals surface area contributed by atoms with Gasteiger partial charge in [0.1, 0.15) is 0 Å². The molecule has 6 heteroatoms. The molecule has 0 heterocycles. The first-order valence-corrected chi connectivity index (χ1v) is 6.11. The van der Waals surface area contributed by atoms with Crippen molar-refractivity contribution < 1.29 is 9.59 Å². The molecule has 1 saturated carbocycles. The van der Waals surface area contributed by atoms with Crippen LogP contribution in [0.25, 0.3) is 0 Å². The maximum atomic E-state index is 12.2. The molecule has 1 aliphatic rings. The first kappa shape index (κ1) is 17.2. The quantitative estimate of drug-likeness (QED) is 0.822. The Balaban J connectivity index is 0.00000289. The van der Waals surface area contributed by atoms with Crippen LogP contribution in [0.1, 0.15) is 32.1 Å². The number of nitrogens with two attached hydrogens (primary N) is 1. The Morgan fingerprint density at radius 3 is 2.06 bits per heavy atom. The zero-order valence-corrected chi connectivity index (χ0v) is 12.3. The van der Waals surface area contributed by atoms with Gasteiger partial charge in [0.05, 0.1) is 12.1 Å². The van der Waals surface area contributed by atoms with Crippen LogP contribution in [0.5, 0.6) is 0 Å². The molecule has 0 aromatic carbocycles. The summed E-state index contributed by atoms with van der Waals surface area (Å²) in [5, 5.41) is 0. The van der Waals surface area contributed by atoms with Gasteiger partial charge in [-0.1, -0.05) is 19.3 Å². The molecular weight excluding hydrogens is 254 g/mol. The lowest BCUT2D eigenvalue weighted by atomic mass is 9.81. The summed E-state index contributed by atoms with van der Waals surface area (Å²) in [5.41, 5.74) is 5.39. The Kier molecular flexibility index (Phi) is 6.63. The lowest BCUT2D eigenvalue weighted by molar-refractivity contribution is -0.142. The number of nitrogens with zero attached hydrogens (tertiary/aromatic N) is 2. The van der Waals surface area contributed by atoms with Crippen molar-refractivity contribution in [1.82, 2.24) is 9.80 Å². The SMILES string of the molecule is CN(C)C(=O)CN(C)C(=O)C1(N)CCCCC1.Cl. The number of hydrogen-bond acceptors (Lipinski definition) is 3. The number of likely N-dealkylation sites (N-methyl/N-ethyl adjacent to an activating group) is 2. The summed E-state index contributed by atoms with van der Waals surface area (Å²) >= 11 is 0. The molecule has 0 spiro atoms. The van der Waals surface area contributed by atoms with Crippen LogP contribution in [0.2, 0.25) is 0 Å². The Labute approximate surface area is 115 Å². The Morgan fingerprint density at radius 2 is 1.61 bits per heavy atom. The number of rotatable bonds is 3. The number of halogens is 1. The van der Waals surface area contributed by atoms with Gasteiger partial charge in [0.2, 0.25) is 11.8 Å². The van der Waals surface area contributed by atoms with Crippen LogP contribution in [0.4, 0.5) is 0 Å². The predicted molar refractivity (Wildman–Crippen MR) is 73.6 cm³/mol. The standard InChI is InChI=1S/C12H23N3O2.ClH/c1-14(2)10(16)9-15(3)11(17)12(13)7-5-4-6-8-12;/h4-9,13H2,1-3H3;1H. The lowest BCUT2D eigenvalue weighted by Gasteiger charge is -2.35. The third-order valence-corrected chi connectivity index (χ3v) is 3.39. The Bertz CT molecular complexity index is 302. The second-order valence-electron chi connectivity index (χ2n) is 5.17. The summed E-state index contributed by atoms with van der Waals surface area (Å²) < 4.78 is 0. The topological polar surface area (TPSA) is 66.6 Å². The molecular formula is C12H24ClN3O2. The molecule has 0 aromatic rings. The maximum Gasteiger partial charge on any atom is 0.242 e. The van der Waals surface area contributed by atoms with Crippen LogP contribution in [0, 0.1) is 0 Å². The summed E-state index contributed by atoms with van der Waals surface area (Å²) in [5.74, 6) is -0.187. The number of carbonyl (C=O) groups excluding carboxylic acids is 2. The van der Waals surface area contributed by atoms with E-state index in [0.717, 1.165) is 32.1 Å². The minimum absolute atomic E-state index is 0. The monoisotopic (exact) mass is 277 g/mol. The van der Waals surface area contributed by atoms with Gasteiger partial charge in [0.15, 0.2) is 0 Å². The molecule has 1 rings (SSSR count). The molecule has 0 unspecified atom stereocenters. The van der Waals surface area contributed by atoms with E-state index in [4.69, 9.17) is 5.73 Å². The van der Waals surface area contributed by atoms with Crippen molar-refractivity contribution in [2.24, 2.45) is 5.73 Å². The Hall–Kier alpha value is -0.810. The fraction of sp³-hybridized carbons (Fsp3) is 0.833. The van der Waals surface area contributed by atoms with E-state index < -0.39 is 5.54 Å².